The first-order valence-electron chi connectivity index (χ1n) is 4.20. The molecular weight excluding hydrogens is 159 g/mol. The second kappa shape index (κ2) is 3.85. The largest absolute Gasteiger partial charge is 0.332 e. The molecule has 0 aromatic rings. The summed E-state index contributed by atoms with van der Waals surface area (Å²) in [5.41, 5.74) is 0. The summed E-state index contributed by atoms with van der Waals surface area (Å²) < 4.78 is 12.4. The van der Waals surface area contributed by atoms with E-state index in [2.05, 4.69) is 0 Å². The van der Waals surface area contributed by atoms with Gasteiger partial charge in [0.2, 0.25) is 5.91 Å². The van der Waals surface area contributed by atoms with E-state index in [0.29, 0.717) is 26.2 Å². The number of carbonyl (C=O) groups is 1. The molecule has 0 aromatic heterocycles. The van der Waals surface area contributed by atoms with Crippen molar-refractivity contribution in [2.45, 2.75) is 19.5 Å². The third kappa shape index (κ3) is 2.44. The Morgan fingerprint density at radius 3 is 2.75 bits per heavy atom. The van der Waals surface area contributed by atoms with Crippen LogP contribution in [0.3, 0.4) is 0 Å². The first-order chi connectivity index (χ1) is 5.59. The Balaban J connectivity index is 2.23. The lowest BCUT2D eigenvalue weighted by atomic mass is 10.3. The molecule has 1 amide bonds. The van der Waals surface area contributed by atoms with Gasteiger partial charge in [0.1, 0.15) is 0 Å². The Hall–Kier alpha value is -0.640. The van der Waals surface area contributed by atoms with E-state index in [9.17, 15) is 9.18 Å². The molecule has 12 heavy (non-hydrogen) atoms. The molecule has 1 aliphatic rings. The normalized spacial score (nSPS) is 21.9. The van der Waals surface area contributed by atoms with Crippen LogP contribution in [0.5, 0.6) is 0 Å². The molecule has 0 radical (unpaired) electrons. The van der Waals surface area contributed by atoms with E-state index >= 15 is 0 Å². The maximum Gasteiger partial charge on any atom is 0.237 e. The average Bonchev–Trinajstić information content (AvgIpc) is 2.28. The topological polar surface area (TPSA) is 23.6 Å². The van der Waals surface area contributed by atoms with Crippen LogP contribution in [0.25, 0.3) is 0 Å². The summed E-state index contributed by atoms with van der Waals surface area (Å²) >= 11 is 0. The number of amides is 1. The summed E-state index contributed by atoms with van der Waals surface area (Å²) in [6.45, 7) is 3.31. The van der Waals surface area contributed by atoms with Crippen molar-refractivity contribution >= 4 is 5.91 Å². The fourth-order valence-corrected chi connectivity index (χ4v) is 1.25. The monoisotopic (exact) mass is 174 g/mol. The van der Waals surface area contributed by atoms with Gasteiger partial charge in [-0.3, -0.25) is 9.69 Å². The molecule has 1 rings (SSSR count). The average molecular weight is 174 g/mol. The highest BCUT2D eigenvalue weighted by molar-refractivity contribution is 5.79. The van der Waals surface area contributed by atoms with Crippen molar-refractivity contribution in [1.29, 1.82) is 0 Å². The van der Waals surface area contributed by atoms with E-state index in [4.69, 9.17) is 0 Å². The van der Waals surface area contributed by atoms with Crippen LogP contribution in [0, 0.1) is 0 Å². The van der Waals surface area contributed by atoms with Crippen LogP contribution < -0.4 is 0 Å². The minimum absolute atomic E-state index is 0.126. The first-order valence-corrected chi connectivity index (χ1v) is 4.20. The molecule has 0 aliphatic carbocycles. The van der Waals surface area contributed by atoms with Crippen molar-refractivity contribution in [3.63, 3.8) is 0 Å². The summed E-state index contributed by atoms with van der Waals surface area (Å²) in [6, 6.07) is 0. The zero-order valence-electron chi connectivity index (χ0n) is 7.59. The lowest BCUT2D eigenvalue weighted by Crippen LogP contribution is -2.25. The summed E-state index contributed by atoms with van der Waals surface area (Å²) in [5.74, 6) is 0.126. The van der Waals surface area contributed by atoms with Gasteiger partial charge >= 0.3 is 0 Å². The second-order valence-electron chi connectivity index (χ2n) is 3.36. The van der Waals surface area contributed by atoms with Gasteiger partial charge in [0.05, 0.1) is 19.4 Å². The highest BCUT2D eigenvalue weighted by Crippen LogP contribution is 2.06. The van der Waals surface area contributed by atoms with E-state index < -0.39 is 6.17 Å². The quantitative estimate of drug-likeness (QED) is 0.620. The number of nitrogens with zero attached hydrogens (tertiary/aromatic N) is 2. The van der Waals surface area contributed by atoms with Crippen molar-refractivity contribution in [2.24, 2.45) is 0 Å². The zero-order chi connectivity index (χ0) is 9.14. The van der Waals surface area contributed by atoms with Crippen LogP contribution in [-0.4, -0.2) is 48.7 Å². The van der Waals surface area contributed by atoms with Crippen LogP contribution in [0.2, 0.25) is 0 Å². The Morgan fingerprint density at radius 2 is 2.33 bits per heavy atom. The summed E-state index contributed by atoms with van der Waals surface area (Å²) in [4.78, 5) is 14.6. The Bertz CT molecular complexity index is 172. The number of hydrogen-bond donors (Lipinski definition) is 0. The minimum atomic E-state index is -0.772. The van der Waals surface area contributed by atoms with Crippen molar-refractivity contribution in [2.75, 3.05) is 26.8 Å². The first kappa shape index (κ1) is 9.45. The van der Waals surface area contributed by atoms with Gasteiger partial charge in [0, 0.05) is 13.6 Å². The smallest absolute Gasteiger partial charge is 0.237 e. The van der Waals surface area contributed by atoms with E-state index in [1.807, 2.05) is 4.90 Å². The summed E-state index contributed by atoms with van der Waals surface area (Å²) in [6.07, 6.45) is -0.257. The molecule has 3 nitrogen and oxygen atoms in total. The second-order valence-corrected chi connectivity index (χ2v) is 3.36. The number of halogens is 1. The van der Waals surface area contributed by atoms with Crippen molar-refractivity contribution in [3.05, 3.63) is 0 Å². The van der Waals surface area contributed by atoms with Crippen LogP contribution in [0.4, 0.5) is 4.39 Å². The Labute approximate surface area is 72.1 Å². The Kier molecular flexibility index (Phi) is 3.03. The lowest BCUT2D eigenvalue weighted by Gasteiger charge is -2.14. The molecule has 1 fully saturated rings. The minimum Gasteiger partial charge on any atom is -0.332 e. The number of likely N-dealkylation sites (N-methyl/N-ethyl adjacent to an activating group) is 1. The molecule has 1 unspecified atom stereocenters. The van der Waals surface area contributed by atoms with Gasteiger partial charge in [-0.1, -0.05) is 0 Å². The molecule has 1 atom stereocenters. The third-order valence-corrected chi connectivity index (χ3v) is 2.04. The van der Waals surface area contributed by atoms with Crippen molar-refractivity contribution in [3.8, 4) is 0 Å². The molecule has 0 N–H and O–H groups in total. The fraction of sp³-hybridized carbons (Fsp3) is 0.875. The third-order valence-electron chi connectivity index (χ3n) is 2.04. The van der Waals surface area contributed by atoms with Crippen LogP contribution in [0.15, 0.2) is 0 Å². The molecule has 0 bridgehead atoms. The summed E-state index contributed by atoms with van der Waals surface area (Å²) in [7, 11) is 1.77. The molecule has 70 valence electrons. The summed E-state index contributed by atoms with van der Waals surface area (Å²) in [5, 5.41) is 0. The standard InChI is InChI=1S/C8H15FN2O/c1-7(9)3-4-11-5-8(12)10(2)6-11/h7H,3-6H2,1-2H3. The van der Waals surface area contributed by atoms with E-state index in [1.165, 1.54) is 0 Å². The number of alkyl halides is 1. The van der Waals surface area contributed by atoms with Gasteiger partial charge in [-0.25, -0.2) is 4.39 Å². The lowest BCUT2D eigenvalue weighted by molar-refractivity contribution is -0.125. The van der Waals surface area contributed by atoms with Crippen molar-refractivity contribution < 1.29 is 9.18 Å². The highest BCUT2D eigenvalue weighted by atomic mass is 19.1. The van der Waals surface area contributed by atoms with E-state index in [1.54, 1.807) is 18.9 Å². The molecule has 1 aliphatic heterocycles. The predicted molar refractivity (Wildman–Crippen MR) is 44.4 cm³/mol. The van der Waals surface area contributed by atoms with Gasteiger partial charge in [-0.15, -0.1) is 0 Å². The molecule has 1 heterocycles. The van der Waals surface area contributed by atoms with Crippen LogP contribution >= 0.6 is 0 Å². The van der Waals surface area contributed by atoms with Gasteiger partial charge < -0.3 is 4.90 Å². The number of rotatable bonds is 3. The van der Waals surface area contributed by atoms with Gasteiger partial charge in [-0.2, -0.15) is 0 Å². The number of hydrogen-bond acceptors (Lipinski definition) is 2. The van der Waals surface area contributed by atoms with E-state index in [0.717, 1.165) is 0 Å². The van der Waals surface area contributed by atoms with Gasteiger partial charge in [-0.05, 0) is 13.3 Å². The number of carbonyl (C=O) groups excluding carboxylic acids is 1. The van der Waals surface area contributed by atoms with Crippen molar-refractivity contribution in [1.82, 2.24) is 9.80 Å². The fourth-order valence-electron chi connectivity index (χ4n) is 1.25. The molecule has 0 saturated carbocycles. The SMILES string of the molecule is CC(F)CCN1CC(=O)N(C)C1. The van der Waals surface area contributed by atoms with Gasteiger partial charge in [0.15, 0.2) is 0 Å². The molecule has 0 aromatic carbocycles. The Morgan fingerprint density at radius 1 is 1.67 bits per heavy atom. The van der Waals surface area contributed by atoms with Crippen LogP contribution in [0.1, 0.15) is 13.3 Å². The zero-order valence-corrected chi connectivity index (χ0v) is 7.59. The maximum atomic E-state index is 12.4. The molecular formula is C8H15FN2O. The molecule has 0 spiro atoms. The molecule has 1 saturated heterocycles. The molecule has 4 heteroatoms. The van der Waals surface area contributed by atoms with Crippen LogP contribution in [-0.2, 0) is 4.79 Å². The van der Waals surface area contributed by atoms with Gasteiger partial charge in [0.25, 0.3) is 0 Å². The highest BCUT2D eigenvalue weighted by Gasteiger charge is 2.23. The maximum absolute atomic E-state index is 12.4. The predicted octanol–water partition coefficient (Wildman–Crippen LogP) is 0.466. The van der Waals surface area contributed by atoms with E-state index in [-0.39, 0.29) is 5.91 Å².